The third-order valence-corrected chi connectivity index (χ3v) is 4.14. The van der Waals surface area contributed by atoms with Crippen LogP contribution in [-0.4, -0.2) is 54.5 Å². The second-order valence-corrected chi connectivity index (χ2v) is 6.69. The fourth-order valence-electron chi connectivity index (χ4n) is 3.02. The minimum Gasteiger partial charge on any atom is -0.479 e. The molecule has 0 aliphatic carbocycles. The van der Waals surface area contributed by atoms with E-state index in [9.17, 15) is 14.9 Å². The summed E-state index contributed by atoms with van der Waals surface area (Å²) in [6.45, 7) is 6.33. The van der Waals surface area contributed by atoms with Gasteiger partial charge < -0.3 is 18.9 Å². The van der Waals surface area contributed by atoms with Crippen LogP contribution in [0.3, 0.4) is 0 Å². The zero-order valence-electron chi connectivity index (χ0n) is 16.8. The van der Waals surface area contributed by atoms with E-state index in [-0.39, 0.29) is 35.8 Å². The molecule has 10 heteroatoms. The summed E-state index contributed by atoms with van der Waals surface area (Å²) in [5.74, 6) is -2.74. The van der Waals surface area contributed by atoms with Gasteiger partial charge in [0, 0.05) is 13.8 Å². The van der Waals surface area contributed by atoms with Gasteiger partial charge in [0.25, 0.3) is 0 Å². The highest BCUT2D eigenvalue weighted by Crippen LogP contribution is 2.39. The van der Waals surface area contributed by atoms with Crippen LogP contribution >= 0.6 is 0 Å². The molecule has 0 N–H and O–H groups in total. The lowest BCUT2D eigenvalue weighted by atomic mass is 9.97. The molecule has 10 nitrogen and oxygen atoms in total. The fourth-order valence-corrected chi connectivity index (χ4v) is 3.02. The predicted octanol–water partition coefficient (Wildman–Crippen LogP) is 1.54. The molecular weight excluding hydrogens is 368 g/mol. The first kappa shape index (κ1) is 21.5. The number of carbonyl (C=O) groups excluding carboxylic acids is 2. The van der Waals surface area contributed by atoms with E-state index < -0.39 is 23.5 Å². The monoisotopic (exact) mass is 392 g/mol. The van der Waals surface area contributed by atoms with Gasteiger partial charge in [-0.15, -0.1) is 0 Å². The van der Waals surface area contributed by atoms with Crippen LogP contribution in [0.1, 0.15) is 45.7 Å². The van der Waals surface area contributed by atoms with Crippen LogP contribution in [0.15, 0.2) is 0 Å². The Labute approximate surface area is 163 Å². The van der Waals surface area contributed by atoms with Crippen molar-refractivity contribution in [1.29, 1.82) is 5.26 Å². The molecule has 2 amide bonds. The van der Waals surface area contributed by atoms with Crippen molar-refractivity contribution in [3.8, 4) is 18.0 Å². The molecular formula is C18H24N4O6. The highest BCUT2D eigenvalue weighted by Gasteiger charge is 2.37. The van der Waals surface area contributed by atoms with Gasteiger partial charge in [0.1, 0.15) is 5.69 Å². The maximum absolute atomic E-state index is 12.1. The summed E-state index contributed by atoms with van der Waals surface area (Å²) in [4.78, 5) is 33.5. The molecule has 0 bridgehead atoms. The van der Waals surface area contributed by atoms with E-state index in [0.29, 0.717) is 6.61 Å². The highest BCUT2D eigenvalue weighted by molar-refractivity contribution is 6.14. The Balaban J connectivity index is 2.57. The fraction of sp³-hybridized carbons (Fsp3) is 0.611. The largest absolute Gasteiger partial charge is 0.479 e. The van der Waals surface area contributed by atoms with E-state index in [2.05, 4.69) is 16.0 Å². The predicted molar refractivity (Wildman–Crippen MR) is 96.9 cm³/mol. The van der Waals surface area contributed by atoms with Crippen molar-refractivity contribution in [2.24, 2.45) is 0 Å². The number of amides is 2. The van der Waals surface area contributed by atoms with Crippen molar-refractivity contribution >= 4 is 17.5 Å². The summed E-state index contributed by atoms with van der Waals surface area (Å²) in [5.41, 5.74) is 0.165. The van der Waals surface area contributed by atoms with Crippen molar-refractivity contribution in [3.63, 3.8) is 0 Å². The number of nitrogens with zero attached hydrogens (tertiary/aromatic N) is 4. The lowest BCUT2D eigenvalue weighted by Gasteiger charge is -2.24. The zero-order chi connectivity index (χ0) is 21.1. The molecule has 2 rings (SSSR count). The first-order valence-electron chi connectivity index (χ1n) is 8.66. The van der Waals surface area contributed by atoms with Crippen LogP contribution in [-0.2, 0) is 19.1 Å². The number of rotatable bonds is 6. The number of carbonyl (C=O) groups is 2. The standard InChI is InChI=1S/C18H24N4O6/c1-10(23)22(11(2)24)15-14(20-17(26-6)21-16(15)25-5)12(8-19)7-13-9-27-18(3,4)28-13/h12-13H,7,9H2,1-6H3. The van der Waals surface area contributed by atoms with Gasteiger partial charge in [-0.3, -0.25) is 9.59 Å². The summed E-state index contributed by atoms with van der Waals surface area (Å²) in [7, 11) is 2.70. The third-order valence-electron chi connectivity index (χ3n) is 4.14. The lowest BCUT2D eigenvalue weighted by molar-refractivity contribution is -0.139. The summed E-state index contributed by atoms with van der Waals surface area (Å²) in [6.07, 6.45) is -0.123. The number of hydrogen-bond donors (Lipinski definition) is 0. The zero-order valence-corrected chi connectivity index (χ0v) is 16.8. The van der Waals surface area contributed by atoms with Gasteiger partial charge in [0.2, 0.25) is 17.7 Å². The van der Waals surface area contributed by atoms with Gasteiger partial charge in [0.15, 0.2) is 5.79 Å². The van der Waals surface area contributed by atoms with Crippen molar-refractivity contribution < 1.29 is 28.5 Å². The van der Waals surface area contributed by atoms with Gasteiger partial charge in [-0.05, 0) is 20.3 Å². The molecule has 0 radical (unpaired) electrons. The average Bonchev–Trinajstić information content (AvgIpc) is 2.97. The topological polar surface area (TPSA) is 124 Å². The van der Waals surface area contributed by atoms with E-state index in [1.807, 2.05) is 0 Å². The summed E-state index contributed by atoms with van der Waals surface area (Å²) < 4.78 is 21.7. The molecule has 0 aromatic carbocycles. The Morgan fingerprint density at radius 2 is 1.93 bits per heavy atom. The number of anilines is 1. The maximum Gasteiger partial charge on any atom is 0.319 e. The average molecular weight is 392 g/mol. The number of imide groups is 1. The van der Waals surface area contributed by atoms with Crippen molar-refractivity contribution in [2.45, 2.75) is 51.9 Å². The molecule has 1 aromatic heterocycles. The Hall–Kier alpha value is -2.77. The van der Waals surface area contributed by atoms with Crippen molar-refractivity contribution in [3.05, 3.63) is 5.69 Å². The number of hydrogen-bond acceptors (Lipinski definition) is 9. The Morgan fingerprint density at radius 1 is 1.29 bits per heavy atom. The van der Waals surface area contributed by atoms with E-state index in [1.165, 1.54) is 28.1 Å². The summed E-state index contributed by atoms with van der Waals surface area (Å²) in [6, 6.07) is 2.11. The van der Waals surface area contributed by atoms with Crippen LogP contribution < -0.4 is 14.4 Å². The third kappa shape index (κ3) is 4.55. The van der Waals surface area contributed by atoms with Gasteiger partial charge in [-0.1, -0.05) is 0 Å². The Kier molecular flexibility index (Phi) is 6.53. The van der Waals surface area contributed by atoms with Crippen molar-refractivity contribution in [2.75, 3.05) is 25.7 Å². The number of ether oxygens (including phenoxy) is 4. The van der Waals surface area contributed by atoms with E-state index in [0.717, 1.165) is 4.90 Å². The summed E-state index contributed by atoms with van der Waals surface area (Å²) >= 11 is 0. The molecule has 1 aliphatic rings. The first-order valence-corrected chi connectivity index (χ1v) is 8.66. The second kappa shape index (κ2) is 8.50. The molecule has 1 aliphatic heterocycles. The van der Waals surface area contributed by atoms with Crippen LogP contribution in [0.2, 0.25) is 0 Å². The Morgan fingerprint density at radius 3 is 2.36 bits per heavy atom. The van der Waals surface area contributed by atoms with Crippen molar-refractivity contribution in [1.82, 2.24) is 9.97 Å². The van der Waals surface area contributed by atoms with E-state index >= 15 is 0 Å². The van der Waals surface area contributed by atoms with Crippen LogP contribution in [0.5, 0.6) is 11.9 Å². The van der Waals surface area contributed by atoms with Gasteiger partial charge in [-0.25, -0.2) is 4.90 Å². The second-order valence-electron chi connectivity index (χ2n) is 6.69. The van der Waals surface area contributed by atoms with Gasteiger partial charge in [0.05, 0.1) is 44.6 Å². The normalized spacial score (nSPS) is 18.8. The molecule has 2 heterocycles. The summed E-state index contributed by atoms with van der Waals surface area (Å²) in [5, 5.41) is 9.80. The maximum atomic E-state index is 12.1. The molecule has 152 valence electrons. The first-order chi connectivity index (χ1) is 13.1. The van der Waals surface area contributed by atoms with Crippen LogP contribution in [0.25, 0.3) is 0 Å². The van der Waals surface area contributed by atoms with Crippen LogP contribution in [0, 0.1) is 11.3 Å². The molecule has 0 saturated carbocycles. The van der Waals surface area contributed by atoms with E-state index in [1.54, 1.807) is 13.8 Å². The van der Waals surface area contributed by atoms with E-state index in [4.69, 9.17) is 18.9 Å². The minimum absolute atomic E-state index is 0.0213. The number of nitriles is 1. The Bertz CT molecular complexity index is 790. The SMILES string of the molecule is COc1nc(OC)c(N(C(C)=O)C(C)=O)c(C(C#N)CC2COC(C)(C)O2)n1. The number of methoxy groups -OCH3 is 2. The molecule has 1 fully saturated rings. The minimum atomic E-state index is -0.829. The van der Waals surface area contributed by atoms with Crippen LogP contribution in [0.4, 0.5) is 5.69 Å². The molecule has 1 aromatic rings. The molecule has 28 heavy (non-hydrogen) atoms. The number of aromatic nitrogens is 2. The smallest absolute Gasteiger partial charge is 0.319 e. The molecule has 0 spiro atoms. The van der Waals surface area contributed by atoms with Gasteiger partial charge >= 0.3 is 6.01 Å². The lowest BCUT2D eigenvalue weighted by Crippen LogP contribution is -2.35. The molecule has 2 unspecified atom stereocenters. The van der Waals surface area contributed by atoms with Gasteiger partial charge in [-0.2, -0.15) is 15.2 Å². The molecule has 2 atom stereocenters. The quantitative estimate of drug-likeness (QED) is 0.709. The highest BCUT2D eigenvalue weighted by atomic mass is 16.7. The molecule has 1 saturated heterocycles.